The SMILES string of the molecule is CCCNc1nc(CC2CC2)nc(-c2ccccc2)c1Br. The Hall–Kier alpha value is -1.42. The third-order valence-corrected chi connectivity index (χ3v) is 4.41. The lowest BCUT2D eigenvalue weighted by Crippen LogP contribution is -2.08. The minimum Gasteiger partial charge on any atom is -0.369 e. The Morgan fingerprint density at radius 1 is 1.19 bits per heavy atom. The lowest BCUT2D eigenvalue weighted by molar-refractivity contribution is 0.769. The van der Waals surface area contributed by atoms with Gasteiger partial charge in [0.2, 0.25) is 0 Å². The second-order valence-corrected chi connectivity index (χ2v) is 6.38. The normalized spacial score (nSPS) is 14.2. The van der Waals surface area contributed by atoms with Gasteiger partial charge in [-0.1, -0.05) is 37.3 Å². The van der Waals surface area contributed by atoms with Gasteiger partial charge < -0.3 is 5.32 Å². The molecule has 2 aromatic rings. The quantitative estimate of drug-likeness (QED) is 0.825. The lowest BCUT2D eigenvalue weighted by Gasteiger charge is -2.13. The van der Waals surface area contributed by atoms with Crippen molar-refractivity contribution in [2.75, 3.05) is 11.9 Å². The summed E-state index contributed by atoms with van der Waals surface area (Å²) in [5.41, 5.74) is 2.11. The maximum atomic E-state index is 4.79. The summed E-state index contributed by atoms with van der Waals surface area (Å²) in [6.07, 6.45) is 4.71. The molecule has 1 fully saturated rings. The second kappa shape index (κ2) is 6.56. The number of hydrogen-bond donors (Lipinski definition) is 1. The van der Waals surface area contributed by atoms with Crippen molar-refractivity contribution in [3.05, 3.63) is 40.6 Å². The molecule has 1 aliphatic carbocycles. The van der Waals surface area contributed by atoms with Gasteiger partial charge in [0.05, 0.1) is 10.2 Å². The van der Waals surface area contributed by atoms with Gasteiger partial charge in [-0.2, -0.15) is 0 Å². The first kappa shape index (κ1) is 14.5. The van der Waals surface area contributed by atoms with Crippen molar-refractivity contribution >= 4 is 21.7 Å². The molecule has 0 unspecified atom stereocenters. The molecule has 1 aromatic heterocycles. The summed E-state index contributed by atoms with van der Waals surface area (Å²) in [6.45, 7) is 3.08. The van der Waals surface area contributed by atoms with Crippen LogP contribution in [0.5, 0.6) is 0 Å². The van der Waals surface area contributed by atoms with Crippen molar-refractivity contribution in [2.24, 2.45) is 5.92 Å². The standard InChI is InChI=1S/C17H20BrN3/c1-2-10-19-17-15(18)16(13-6-4-3-5-7-13)20-14(21-17)11-12-8-9-12/h3-7,12H,2,8-11H2,1H3,(H,19,20,21). The zero-order valence-electron chi connectivity index (χ0n) is 12.3. The van der Waals surface area contributed by atoms with Crippen molar-refractivity contribution < 1.29 is 0 Å². The summed E-state index contributed by atoms with van der Waals surface area (Å²) in [5.74, 6) is 2.66. The topological polar surface area (TPSA) is 37.8 Å². The van der Waals surface area contributed by atoms with Gasteiger partial charge in [-0.15, -0.1) is 0 Å². The monoisotopic (exact) mass is 345 g/mol. The summed E-state index contributed by atoms with van der Waals surface area (Å²) in [5, 5.41) is 3.41. The van der Waals surface area contributed by atoms with Gasteiger partial charge >= 0.3 is 0 Å². The number of anilines is 1. The third kappa shape index (κ3) is 3.62. The average Bonchev–Trinajstić information content (AvgIpc) is 3.32. The molecule has 3 rings (SSSR count). The Morgan fingerprint density at radius 2 is 1.95 bits per heavy atom. The van der Waals surface area contributed by atoms with Crippen LogP contribution in [0, 0.1) is 5.92 Å². The molecule has 110 valence electrons. The van der Waals surface area contributed by atoms with Crippen LogP contribution in [0.2, 0.25) is 0 Å². The van der Waals surface area contributed by atoms with E-state index in [1.165, 1.54) is 12.8 Å². The van der Waals surface area contributed by atoms with Gasteiger partial charge in [0.25, 0.3) is 0 Å². The Balaban J connectivity index is 1.99. The van der Waals surface area contributed by atoms with E-state index in [0.717, 1.165) is 52.7 Å². The highest BCUT2D eigenvalue weighted by Gasteiger charge is 2.24. The summed E-state index contributed by atoms with van der Waals surface area (Å²) >= 11 is 3.68. The van der Waals surface area contributed by atoms with Crippen LogP contribution in [0.1, 0.15) is 32.0 Å². The first-order chi connectivity index (χ1) is 10.3. The molecule has 1 N–H and O–H groups in total. The van der Waals surface area contributed by atoms with E-state index in [1.807, 2.05) is 18.2 Å². The Bertz CT molecular complexity index is 609. The maximum Gasteiger partial charge on any atom is 0.144 e. The van der Waals surface area contributed by atoms with E-state index < -0.39 is 0 Å². The summed E-state index contributed by atoms with van der Waals surface area (Å²) in [6, 6.07) is 10.3. The number of nitrogens with one attached hydrogen (secondary N) is 1. The molecule has 1 saturated carbocycles. The highest BCUT2D eigenvalue weighted by Crippen LogP contribution is 2.35. The average molecular weight is 346 g/mol. The Labute approximate surface area is 134 Å². The molecule has 1 aliphatic rings. The minimum atomic E-state index is 0.786. The number of nitrogens with zero attached hydrogens (tertiary/aromatic N) is 2. The fourth-order valence-corrected chi connectivity index (χ4v) is 2.86. The molecule has 0 amide bonds. The summed E-state index contributed by atoms with van der Waals surface area (Å²) < 4.78 is 0.960. The van der Waals surface area contributed by atoms with Crippen molar-refractivity contribution in [1.82, 2.24) is 9.97 Å². The van der Waals surface area contributed by atoms with Crippen LogP contribution in [0.15, 0.2) is 34.8 Å². The summed E-state index contributed by atoms with van der Waals surface area (Å²) in [7, 11) is 0. The van der Waals surface area contributed by atoms with Crippen LogP contribution in [0.25, 0.3) is 11.3 Å². The van der Waals surface area contributed by atoms with Gasteiger partial charge in [-0.3, -0.25) is 0 Å². The van der Waals surface area contributed by atoms with Crippen molar-refractivity contribution in [3.63, 3.8) is 0 Å². The van der Waals surface area contributed by atoms with Crippen LogP contribution in [-0.4, -0.2) is 16.5 Å². The summed E-state index contributed by atoms with van der Waals surface area (Å²) in [4.78, 5) is 9.50. The molecular weight excluding hydrogens is 326 g/mol. The molecule has 0 atom stereocenters. The number of rotatable bonds is 6. The van der Waals surface area contributed by atoms with Gasteiger partial charge in [-0.25, -0.2) is 9.97 Å². The van der Waals surface area contributed by atoms with Crippen molar-refractivity contribution in [1.29, 1.82) is 0 Å². The Kier molecular flexibility index (Phi) is 4.54. The number of hydrogen-bond acceptors (Lipinski definition) is 3. The fraction of sp³-hybridized carbons (Fsp3) is 0.412. The zero-order valence-corrected chi connectivity index (χ0v) is 13.9. The largest absolute Gasteiger partial charge is 0.369 e. The molecule has 1 heterocycles. The molecule has 1 aromatic carbocycles. The molecule has 0 bridgehead atoms. The molecule has 0 saturated heterocycles. The van der Waals surface area contributed by atoms with Gasteiger partial charge in [0.1, 0.15) is 11.6 Å². The van der Waals surface area contributed by atoms with Crippen molar-refractivity contribution in [2.45, 2.75) is 32.6 Å². The van der Waals surface area contributed by atoms with E-state index in [1.54, 1.807) is 0 Å². The first-order valence-corrected chi connectivity index (χ1v) is 8.43. The zero-order chi connectivity index (χ0) is 14.7. The van der Waals surface area contributed by atoms with Gasteiger partial charge in [0, 0.05) is 18.5 Å². The van der Waals surface area contributed by atoms with Gasteiger partial charge in [0.15, 0.2) is 0 Å². The second-order valence-electron chi connectivity index (χ2n) is 5.59. The molecule has 21 heavy (non-hydrogen) atoms. The molecule has 4 heteroatoms. The molecule has 0 radical (unpaired) electrons. The van der Waals surface area contributed by atoms with E-state index in [-0.39, 0.29) is 0 Å². The van der Waals surface area contributed by atoms with E-state index in [0.29, 0.717) is 0 Å². The molecular formula is C17H20BrN3. The van der Waals surface area contributed by atoms with Crippen LogP contribution < -0.4 is 5.32 Å². The highest BCUT2D eigenvalue weighted by molar-refractivity contribution is 9.10. The maximum absolute atomic E-state index is 4.79. The highest BCUT2D eigenvalue weighted by atomic mass is 79.9. The predicted molar refractivity (Wildman–Crippen MR) is 90.4 cm³/mol. The van der Waals surface area contributed by atoms with E-state index >= 15 is 0 Å². The number of aromatic nitrogens is 2. The van der Waals surface area contributed by atoms with E-state index in [4.69, 9.17) is 9.97 Å². The Morgan fingerprint density at radius 3 is 2.62 bits per heavy atom. The smallest absolute Gasteiger partial charge is 0.144 e. The molecule has 0 spiro atoms. The van der Waals surface area contributed by atoms with Crippen LogP contribution in [0.4, 0.5) is 5.82 Å². The van der Waals surface area contributed by atoms with Crippen molar-refractivity contribution in [3.8, 4) is 11.3 Å². The number of halogens is 1. The third-order valence-electron chi connectivity index (χ3n) is 3.66. The van der Waals surface area contributed by atoms with Crippen LogP contribution in [0.3, 0.4) is 0 Å². The van der Waals surface area contributed by atoms with Crippen LogP contribution in [-0.2, 0) is 6.42 Å². The number of benzene rings is 1. The van der Waals surface area contributed by atoms with E-state index in [2.05, 4.69) is 40.3 Å². The molecule has 3 nitrogen and oxygen atoms in total. The fourth-order valence-electron chi connectivity index (χ4n) is 2.31. The van der Waals surface area contributed by atoms with Gasteiger partial charge in [-0.05, 0) is 41.1 Å². The van der Waals surface area contributed by atoms with E-state index in [9.17, 15) is 0 Å². The molecule has 0 aliphatic heterocycles. The first-order valence-electron chi connectivity index (χ1n) is 7.63. The minimum absolute atomic E-state index is 0.786. The lowest BCUT2D eigenvalue weighted by atomic mass is 10.1. The predicted octanol–water partition coefficient (Wildman–Crippen LogP) is 4.68. The van der Waals surface area contributed by atoms with Crippen LogP contribution >= 0.6 is 15.9 Å².